The fourth-order valence-corrected chi connectivity index (χ4v) is 3.47. The Morgan fingerprint density at radius 3 is 1.90 bits per heavy atom. The summed E-state index contributed by atoms with van der Waals surface area (Å²) in [5, 5.41) is 0.963. The lowest BCUT2D eigenvalue weighted by molar-refractivity contribution is 0.511. The zero-order chi connectivity index (χ0) is 22.0. The van der Waals surface area contributed by atoms with Crippen LogP contribution in [-0.2, 0) is 6.42 Å². The Balaban J connectivity index is 1.65. The van der Waals surface area contributed by atoms with Gasteiger partial charge in [-0.05, 0) is 70.3 Å². The molecule has 0 aliphatic heterocycles. The molecular formula is C27H18F4. The van der Waals surface area contributed by atoms with Gasteiger partial charge in [-0.1, -0.05) is 55.5 Å². The van der Waals surface area contributed by atoms with E-state index in [0.29, 0.717) is 21.9 Å². The molecule has 4 heteroatoms. The molecule has 31 heavy (non-hydrogen) atoms. The van der Waals surface area contributed by atoms with E-state index in [9.17, 15) is 17.6 Å². The first kappa shape index (κ1) is 20.7. The zero-order valence-corrected chi connectivity index (χ0v) is 16.8. The molecule has 0 amide bonds. The summed E-state index contributed by atoms with van der Waals surface area (Å²) in [7, 11) is 0. The van der Waals surface area contributed by atoms with E-state index in [-0.39, 0.29) is 5.56 Å². The van der Waals surface area contributed by atoms with Crippen molar-refractivity contribution in [1.29, 1.82) is 0 Å². The quantitative estimate of drug-likeness (QED) is 0.240. The van der Waals surface area contributed by atoms with E-state index in [1.54, 1.807) is 18.2 Å². The Hall–Kier alpha value is -3.58. The van der Waals surface area contributed by atoms with E-state index >= 15 is 0 Å². The largest absolute Gasteiger partial charge is 0.205 e. The van der Waals surface area contributed by atoms with Crippen LogP contribution in [0.1, 0.15) is 30.0 Å². The molecule has 0 heterocycles. The molecule has 0 aromatic heterocycles. The monoisotopic (exact) mass is 418 g/mol. The van der Waals surface area contributed by atoms with E-state index in [1.807, 2.05) is 24.3 Å². The first-order valence-electron chi connectivity index (χ1n) is 9.94. The van der Waals surface area contributed by atoms with Gasteiger partial charge in [-0.25, -0.2) is 17.6 Å². The van der Waals surface area contributed by atoms with Gasteiger partial charge < -0.3 is 0 Å². The van der Waals surface area contributed by atoms with Crippen LogP contribution in [0.25, 0.3) is 21.9 Å². The van der Waals surface area contributed by atoms with Gasteiger partial charge in [0.15, 0.2) is 11.6 Å². The fourth-order valence-electron chi connectivity index (χ4n) is 3.47. The van der Waals surface area contributed by atoms with Crippen LogP contribution >= 0.6 is 0 Å². The van der Waals surface area contributed by atoms with Crippen LogP contribution < -0.4 is 0 Å². The Morgan fingerprint density at radius 1 is 0.613 bits per heavy atom. The highest BCUT2D eigenvalue weighted by Crippen LogP contribution is 2.25. The fraction of sp³-hybridized carbons (Fsp3) is 0.111. The SMILES string of the molecule is CCCc1ccc(-c2cc(F)c(C#Cc3ccc4cc(F)c(F)cc4c3)c(F)c2)cc1. The van der Waals surface area contributed by atoms with E-state index in [2.05, 4.69) is 18.8 Å². The first-order valence-corrected chi connectivity index (χ1v) is 9.94. The average molecular weight is 418 g/mol. The summed E-state index contributed by atoms with van der Waals surface area (Å²) < 4.78 is 56.0. The Labute approximate surface area is 178 Å². The van der Waals surface area contributed by atoms with Gasteiger partial charge >= 0.3 is 0 Å². The molecule has 0 nitrogen and oxygen atoms in total. The molecule has 0 unspecified atom stereocenters. The highest BCUT2D eigenvalue weighted by molar-refractivity contribution is 5.84. The van der Waals surface area contributed by atoms with Gasteiger partial charge in [0.2, 0.25) is 0 Å². The lowest BCUT2D eigenvalue weighted by Crippen LogP contribution is -1.93. The van der Waals surface area contributed by atoms with Crippen LogP contribution in [0.15, 0.2) is 66.7 Å². The molecule has 0 N–H and O–H groups in total. The van der Waals surface area contributed by atoms with Gasteiger partial charge in [0, 0.05) is 5.56 Å². The molecule has 4 aromatic carbocycles. The van der Waals surface area contributed by atoms with Crippen molar-refractivity contribution in [1.82, 2.24) is 0 Å². The minimum atomic E-state index is -0.965. The predicted molar refractivity (Wildman–Crippen MR) is 116 cm³/mol. The normalized spacial score (nSPS) is 10.7. The number of hydrogen-bond acceptors (Lipinski definition) is 0. The summed E-state index contributed by atoms with van der Waals surface area (Å²) in [5.41, 5.74) is 2.44. The van der Waals surface area contributed by atoms with Crippen LogP contribution in [0.3, 0.4) is 0 Å². The lowest BCUT2D eigenvalue weighted by Gasteiger charge is -2.06. The summed E-state index contributed by atoms with van der Waals surface area (Å²) >= 11 is 0. The third-order valence-corrected chi connectivity index (χ3v) is 5.08. The van der Waals surface area contributed by atoms with Crippen LogP contribution in [0.5, 0.6) is 0 Å². The van der Waals surface area contributed by atoms with E-state index in [4.69, 9.17) is 0 Å². The van der Waals surface area contributed by atoms with Crippen molar-refractivity contribution in [3.63, 3.8) is 0 Å². The summed E-state index contributed by atoms with van der Waals surface area (Å²) in [5.74, 6) is 1.82. The summed E-state index contributed by atoms with van der Waals surface area (Å²) in [6, 6.07) is 17.0. The number of benzene rings is 4. The van der Waals surface area contributed by atoms with Crippen molar-refractivity contribution in [3.8, 4) is 23.0 Å². The third-order valence-electron chi connectivity index (χ3n) is 5.08. The first-order chi connectivity index (χ1) is 14.9. The highest BCUT2D eigenvalue weighted by atomic mass is 19.2. The van der Waals surface area contributed by atoms with Crippen LogP contribution in [0.2, 0.25) is 0 Å². The van der Waals surface area contributed by atoms with Gasteiger partial charge in [0.05, 0.1) is 5.56 Å². The Kier molecular flexibility index (Phi) is 5.77. The zero-order valence-electron chi connectivity index (χ0n) is 16.8. The maximum atomic E-state index is 14.6. The van der Waals surface area contributed by atoms with Crippen molar-refractivity contribution in [3.05, 3.63) is 107 Å². The van der Waals surface area contributed by atoms with Gasteiger partial charge in [0.1, 0.15) is 11.6 Å². The third kappa shape index (κ3) is 4.46. The molecule has 0 radical (unpaired) electrons. The van der Waals surface area contributed by atoms with Crippen molar-refractivity contribution in [2.45, 2.75) is 19.8 Å². The number of halogens is 4. The van der Waals surface area contributed by atoms with Crippen molar-refractivity contribution in [2.75, 3.05) is 0 Å². The molecule has 0 bridgehead atoms. The highest BCUT2D eigenvalue weighted by Gasteiger charge is 2.11. The maximum Gasteiger partial charge on any atom is 0.159 e. The summed E-state index contributed by atoms with van der Waals surface area (Å²) in [6.45, 7) is 2.09. The van der Waals surface area contributed by atoms with Gasteiger partial charge in [0.25, 0.3) is 0 Å². The van der Waals surface area contributed by atoms with Crippen LogP contribution in [0, 0.1) is 35.1 Å². The number of fused-ring (bicyclic) bond motifs is 1. The minimum Gasteiger partial charge on any atom is -0.205 e. The second-order valence-electron chi connectivity index (χ2n) is 7.34. The van der Waals surface area contributed by atoms with Gasteiger partial charge in [-0.2, -0.15) is 0 Å². The van der Waals surface area contributed by atoms with Gasteiger partial charge in [-0.3, -0.25) is 0 Å². The van der Waals surface area contributed by atoms with E-state index < -0.39 is 23.3 Å². The van der Waals surface area contributed by atoms with E-state index in [1.165, 1.54) is 17.7 Å². The molecule has 0 fully saturated rings. The summed E-state index contributed by atoms with van der Waals surface area (Å²) in [6.07, 6.45) is 1.98. The lowest BCUT2D eigenvalue weighted by atomic mass is 10.0. The smallest absolute Gasteiger partial charge is 0.159 e. The van der Waals surface area contributed by atoms with Crippen LogP contribution in [-0.4, -0.2) is 0 Å². The number of hydrogen-bond donors (Lipinski definition) is 0. The second kappa shape index (κ2) is 8.65. The Morgan fingerprint density at radius 2 is 1.26 bits per heavy atom. The van der Waals surface area contributed by atoms with E-state index in [0.717, 1.165) is 30.5 Å². The van der Waals surface area contributed by atoms with Crippen molar-refractivity contribution < 1.29 is 17.6 Å². The number of rotatable bonds is 3. The second-order valence-corrected chi connectivity index (χ2v) is 7.34. The Bertz CT molecular complexity index is 1300. The molecule has 0 saturated carbocycles. The number of aryl methyl sites for hydroxylation is 1. The summed E-state index contributed by atoms with van der Waals surface area (Å²) in [4.78, 5) is 0. The molecule has 0 spiro atoms. The predicted octanol–water partition coefficient (Wildman–Crippen LogP) is 7.42. The van der Waals surface area contributed by atoms with Crippen molar-refractivity contribution >= 4 is 10.8 Å². The molecule has 154 valence electrons. The molecule has 4 aromatic rings. The standard InChI is InChI=1S/C27H18F4/c1-2-3-17-4-8-19(9-5-17)22-14-24(28)23(25(29)15-22)11-7-18-6-10-20-13-26(30)27(31)16-21(20)12-18/h4-6,8-10,12-16H,2-3H2,1H3. The topological polar surface area (TPSA) is 0 Å². The molecule has 0 atom stereocenters. The molecule has 0 aliphatic rings. The minimum absolute atomic E-state index is 0.336. The van der Waals surface area contributed by atoms with Crippen molar-refractivity contribution in [2.24, 2.45) is 0 Å². The molecule has 0 saturated heterocycles. The van der Waals surface area contributed by atoms with Crippen LogP contribution in [0.4, 0.5) is 17.6 Å². The van der Waals surface area contributed by atoms with Gasteiger partial charge in [-0.15, -0.1) is 0 Å². The maximum absolute atomic E-state index is 14.6. The molecular weight excluding hydrogens is 400 g/mol. The molecule has 0 aliphatic carbocycles. The molecule has 4 rings (SSSR count). The average Bonchev–Trinajstić information content (AvgIpc) is 2.75.